The van der Waals surface area contributed by atoms with Crippen LogP contribution in [0.3, 0.4) is 0 Å². The van der Waals surface area contributed by atoms with Gasteiger partial charge in [0, 0.05) is 19.4 Å². The number of imidazole rings is 1. The highest BCUT2D eigenvalue weighted by Gasteiger charge is 1.94. The van der Waals surface area contributed by atoms with Crippen LogP contribution in [0.15, 0.2) is 12.4 Å². The van der Waals surface area contributed by atoms with Crippen LogP contribution in [0.2, 0.25) is 0 Å². The second-order valence-electron chi connectivity index (χ2n) is 1.75. The van der Waals surface area contributed by atoms with Crippen LogP contribution in [0.5, 0.6) is 6.01 Å². The predicted molar refractivity (Wildman–Crippen MR) is 41.6 cm³/mol. The first-order valence-electron chi connectivity index (χ1n) is 2.94. The lowest BCUT2D eigenvalue weighted by atomic mass is 10.8. The van der Waals surface area contributed by atoms with Crippen molar-refractivity contribution in [3.05, 3.63) is 12.4 Å². The van der Waals surface area contributed by atoms with E-state index >= 15 is 0 Å². The standard InChI is InChI=1S/C6H10N2O.ClH/c1-3-9-6-7-4-5-8(6)2;/h4-5H,3H2,1-2H3;1H. The van der Waals surface area contributed by atoms with E-state index in [9.17, 15) is 0 Å². The van der Waals surface area contributed by atoms with E-state index in [0.717, 1.165) is 0 Å². The lowest BCUT2D eigenvalue weighted by molar-refractivity contribution is 0.302. The van der Waals surface area contributed by atoms with Crippen LogP contribution in [0.4, 0.5) is 0 Å². The van der Waals surface area contributed by atoms with E-state index in [0.29, 0.717) is 12.6 Å². The fourth-order valence-electron chi connectivity index (χ4n) is 0.620. The van der Waals surface area contributed by atoms with Crippen LogP contribution in [0.1, 0.15) is 6.92 Å². The molecule has 0 saturated carbocycles. The van der Waals surface area contributed by atoms with Crippen LogP contribution in [-0.2, 0) is 7.05 Å². The number of rotatable bonds is 2. The molecular formula is C6H11ClN2O. The van der Waals surface area contributed by atoms with Gasteiger partial charge in [-0.2, -0.15) is 0 Å². The van der Waals surface area contributed by atoms with E-state index in [2.05, 4.69) is 4.98 Å². The topological polar surface area (TPSA) is 27.1 Å². The lowest BCUT2D eigenvalue weighted by Crippen LogP contribution is -1.97. The van der Waals surface area contributed by atoms with Crippen molar-refractivity contribution >= 4 is 12.4 Å². The van der Waals surface area contributed by atoms with Crippen molar-refractivity contribution in [3.63, 3.8) is 0 Å². The average molecular weight is 163 g/mol. The molecule has 0 aliphatic carbocycles. The molecule has 1 rings (SSSR count). The number of hydrogen-bond acceptors (Lipinski definition) is 2. The summed E-state index contributed by atoms with van der Waals surface area (Å²) < 4.78 is 6.97. The summed E-state index contributed by atoms with van der Waals surface area (Å²) in [6.45, 7) is 2.61. The van der Waals surface area contributed by atoms with E-state index in [4.69, 9.17) is 4.74 Å². The summed E-state index contributed by atoms with van der Waals surface area (Å²) in [6.07, 6.45) is 3.57. The third-order valence-electron chi connectivity index (χ3n) is 1.05. The maximum Gasteiger partial charge on any atom is 0.295 e. The number of ether oxygens (including phenoxy) is 1. The highest BCUT2D eigenvalue weighted by atomic mass is 35.5. The van der Waals surface area contributed by atoms with Crippen LogP contribution in [-0.4, -0.2) is 16.2 Å². The molecule has 0 atom stereocenters. The molecule has 1 aromatic rings. The molecule has 10 heavy (non-hydrogen) atoms. The van der Waals surface area contributed by atoms with Crippen LogP contribution in [0.25, 0.3) is 0 Å². The Morgan fingerprint density at radius 2 is 2.40 bits per heavy atom. The van der Waals surface area contributed by atoms with Gasteiger partial charge in [-0.25, -0.2) is 4.98 Å². The Labute approximate surface area is 66.4 Å². The normalized spacial score (nSPS) is 8.60. The van der Waals surface area contributed by atoms with Gasteiger partial charge < -0.3 is 9.30 Å². The molecule has 4 heteroatoms. The van der Waals surface area contributed by atoms with Crippen LogP contribution < -0.4 is 4.74 Å². The molecule has 0 unspecified atom stereocenters. The second kappa shape index (κ2) is 4.17. The highest BCUT2D eigenvalue weighted by molar-refractivity contribution is 5.85. The molecule has 1 aromatic heterocycles. The maximum atomic E-state index is 5.13. The lowest BCUT2D eigenvalue weighted by Gasteiger charge is -1.99. The molecule has 58 valence electrons. The first-order valence-corrected chi connectivity index (χ1v) is 2.94. The summed E-state index contributed by atoms with van der Waals surface area (Å²) in [5, 5.41) is 0. The number of aromatic nitrogens is 2. The molecule has 0 N–H and O–H groups in total. The van der Waals surface area contributed by atoms with Crippen molar-refractivity contribution in [2.75, 3.05) is 6.61 Å². The van der Waals surface area contributed by atoms with Gasteiger partial charge >= 0.3 is 0 Å². The number of nitrogens with zero attached hydrogens (tertiary/aromatic N) is 2. The van der Waals surface area contributed by atoms with Crippen molar-refractivity contribution < 1.29 is 4.74 Å². The molecular weight excluding hydrogens is 152 g/mol. The van der Waals surface area contributed by atoms with Crippen molar-refractivity contribution in [2.24, 2.45) is 7.05 Å². The van der Waals surface area contributed by atoms with Gasteiger partial charge in [0.1, 0.15) is 0 Å². The van der Waals surface area contributed by atoms with Crippen LogP contribution in [0, 0.1) is 0 Å². The molecule has 0 aliphatic heterocycles. The Kier molecular flexibility index (Phi) is 3.88. The third kappa shape index (κ3) is 1.92. The van der Waals surface area contributed by atoms with Gasteiger partial charge in [0.25, 0.3) is 6.01 Å². The minimum absolute atomic E-state index is 0. The monoisotopic (exact) mass is 162 g/mol. The van der Waals surface area contributed by atoms with Crippen molar-refractivity contribution in [3.8, 4) is 6.01 Å². The third-order valence-corrected chi connectivity index (χ3v) is 1.05. The summed E-state index contributed by atoms with van der Waals surface area (Å²) in [5.74, 6) is 0. The van der Waals surface area contributed by atoms with E-state index in [1.165, 1.54) is 0 Å². The fraction of sp³-hybridized carbons (Fsp3) is 0.500. The summed E-state index contributed by atoms with van der Waals surface area (Å²) in [4.78, 5) is 3.95. The molecule has 1 heterocycles. The van der Waals surface area contributed by atoms with Gasteiger partial charge in [0.15, 0.2) is 0 Å². The van der Waals surface area contributed by atoms with Gasteiger partial charge in [-0.15, -0.1) is 12.4 Å². The summed E-state index contributed by atoms with van der Waals surface area (Å²) in [6, 6.07) is 0.678. The van der Waals surface area contributed by atoms with Crippen molar-refractivity contribution in [1.82, 2.24) is 9.55 Å². The molecule has 0 bridgehead atoms. The number of hydrogen-bond donors (Lipinski definition) is 0. The number of aryl methyl sites for hydroxylation is 1. The Morgan fingerprint density at radius 3 is 2.80 bits per heavy atom. The highest BCUT2D eigenvalue weighted by Crippen LogP contribution is 2.02. The van der Waals surface area contributed by atoms with E-state index in [-0.39, 0.29) is 12.4 Å². The van der Waals surface area contributed by atoms with Gasteiger partial charge in [0.05, 0.1) is 6.61 Å². The van der Waals surface area contributed by atoms with Gasteiger partial charge in [0.2, 0.25) is 0 Å². The van der Waals surface area contributed by atoms with Gasteiger partial charge in [-0.1, -0.05) is 0 Å². The van der Waals surface area contributed by atoms with E-state index < -0.39 is 0 Å². The quantitative estimate of drug-likeness (QED) is 0.655. The first kappa shape index (κ1) is 9.30. The van der Waals surface area contributed by atoms with Crippen molar-refractivity contribution in [1.29, 1.82) is 0 Å². The van der Waals surface area contributed by atoms with Gasteiger partial charge in [-0.3, -0.25) is 0 Å². The molecule has 0 amide bonds. The summed E-state index contributed by atoms with van der Waals surface area (Å²) in [7, 11) is 1.90. The smallest absolute Gasteiger partial charge is 0.295 e. The Bertz CT molecular complexity index is 188. The summed E-state index contributed by atoms with van der Waals surface area (Å²) in [5.41, 5.74) is 0. The molecule has 0 fully saturated rings. The average Bonchev–Trinajstić information content (AvgIpc) is 2.18. The first-order chi connectivity index (χ1) is 4.34. The molecule has 0 radical (unpaired) electrons. The maximum absolute atomic E-state index is 5.13. The Balaban J connectivity index is 0.000000810. The second-order valence-corrected chi connectivity index (χ2v) is 1.75. The zero-order valence-electron chi connectivity index (χ0n) is 6.07. The molecule has 3 nitrogen and oxygen atoms in total. The SMILES string of the molecule is CCOc1nccn1C.Cl. The predicted octanol–water partition coefficient (Wildman–Crippen LogP) is 1.24. The minimum Gasteiger partial charge on any atom is -0.465 e. The largest absolute Gasteiger partial charge is 0.465 e. The van der Waals surface area contributed by atoms with Crippen molar-refractivity contribution in [2.45, 2.75) is 6.92 Å². The zero-order chi connectivity index (χ0) is 6.69. The zero-order valence-corrected chi connectivity index (χ0v) is 6.89. The van der Waals surface area contributed by atoms with Crippen LogP contribution >= 0.6 is 12.4 Å². The molecule has 0 aliphatic rings. The van der Waals surface area contributed by atoms with Gasteiger partial charge in [-0.05, 0) is 6.92 Å². The number of halogens is 1. The Morgan fingerprint density at radius 1 is 1.70 bits per heavy atom. The summed E-state index contributed by atoms with van der Waals surface area (Å²) >= 11 is 0. The molecule has 0 saturated heterocycles. The fourth-order valence-corrected chi connectivity index (χ4v) is 0.620. The van der Waals surface area contributed by atoms with E-state index in [1.54, 1.807) is 6.20 Å². The Hall–Kier alpha value is -0.700. The van der Waals surface area contributed by atoms with E-state index in [1.807, 2.05) is 24.7 Å². The molecule has 0 spiro atoms. The minimum atomic E-state index is 0. The molecule has 0 aromatic carbocycles.